The lowest BCUT2D eigenvalue weighted by Gasteiger charge is -2.15. The van der Waals surface area contributed by atoms with E-state index in [1.54, 1.807) is 7.05 Å². The molecule has 24 heavy (non-hydrogen) atoms. The van der Waals surface area contributed by atoms with Crippen LogP contribution >= 0.6 is 11.3 Å². The molecule has 0 aromatic carbocycles. The number of aromatic nitrogens is 2. The molecule has 0 bridgehead atoms. The van der Waals surface area contributed by atoms with Gasteiger partial charge in [-0.1, -0.05) is 0 Å². The number of ether oxygens (including phenoxy) is 1. The van der Waals surface area contributed by atoms with Crippen LogP contribution in [-0.4, -0.2) is 45.5 Å². The van der Waals surface area contributed by atoms with Gasteiger partial charge in [0.05, 0.1) is 17.8 Å². The largest absolute Gasteiger partial charge is 0.477 e. The number of hydrogen-bond acceptors (Lipinski definition) is 6. The number of carboxylic acid groups (broad SMARTS) is 1. The lowest BCUT2D eigenvalue weighted by molar-refractivity contribution is 0.0687. The lowest BCUT2D eigenvalue weighted by atomic mass is 10.2. The van der Waals surface area contributed by atoms with E-state index in [1.165, 1.54) is 34.6 Å². The molecule has 0 saturated carbocycles. The van der Waals surface area contributed by atoms with E-state index in [9.17, 15) is 9.59 Å². The van der Waals surface area contributed by atoms with E-state index in [4.69, 9.17) is 9.84 Å². The predicted molar refractivity (Wildman–Crippen MR) is 89.1 cm³/mol. The van der Waals surface area contributed by atoms with E-state index < -0.39 is 5.97 Å². The molecule has 1 atom stereocenters. The van der Waals surface area contributed by atoms with Crippen molar-refractivity contribution in [3.8, 4) is 0 Å². The molecule has 0 aliphatic rings. The number of amides is 1. The number of thiazole rings is 1. The summed E-state index contributed by atoms with van der Waals surface area (Å²) in [6.07, 6.45) is 1.20. The van der Waals surface area contributed by atoms with Crippen LogP contribution in [0.2, 0.25) is 0 Å². The monoisotopic (exact) mass is 349 g/mol. The van der Waals surface area contributed by atoms with E-state index in [0.717, 1.165) is 10.7 Å². The predicted octanol–water partition coefficient (Wildman–Crippen LogP) is 2.61. The number of carbonyl (C=O) groups is 2. The molecule has 2 rings (SSSR count). The third-order valence-corrected chi connectivity index (χ3v) is 4.36. The number of rotatable bonds is 7. The molecule has 2 aromatic heterocycles. The molecule has 1 N–H and O–H groups in total. The highest BCUT2D eigenvalue weighted by Gasteiger charge is 2.16. The third kappa shape index (κ3) is 4.36. The standard InChI is InChI=1S/C16H19N3O4S/c1-4-23-10(2)14-18-12(9-24-14)8-19(3)15(20)11-5-6-13(16(21)22)17-7-11/h5-7,9-10H,4,8H2,1-3H3,(H,21,22). The van der Waals surface area contributed by atoms with Crippen LogP contribution in [0, 0.1) is 0 Å². The Kier molecular flexibility index (Phi) is 5.99. The van der Waals surface area contributed by atoms with Crippen LogP contribution < -0.4 is 0 Å². The van der Waals surface area contributed by atoms with Crippen LogP contribution in [0.5, 0.6) is 0 Å². The molecule has 1 amide bonds. The summed E-state index contributed by atoms with van der Waals surface area (Å²) in [7, 11) is 1.67. The maximum absolute atomic E-state index is 12.4. The second-order valence-corrected chi connectivity index (χ2v) is 6.06. The molecular weight excluding hydrogens is 330 g/mol. The molecule has 0 radical (unpaired) electrons. The fourth-order valence-electron chi connectivity index (χ4n) is 2.09. The molecule has 0 aliphatic heterocycles. The molecule has 0 saturated heterocycles. The zero-order chi connectivity index (χ0) is 17.7. The Bertz CT molecular complexity index is 714. The first-order valence-corrected chi connectivity index (χ1v) is 8.31. The Hall–Kier alpha value is -2.32. The van der Waals surface area contributed by atoms with Crippen LogP contribution in [0.1, 0.15) is 51.5 Å². The first-order valence-electron chi connectivity index (χ1n) is 7.43. The number of carbonyl (C=O) groups excluding carboxylic acids is 1. The van der Waals surface area contributed by atoms with Crippen LogP contribution in [0.4, 0.5) is 0 Å². The first-order chi connectivity index (χ1) is 11.4. The maximum Gasteiger partial charge on any atom is 0.354 e. The van der Waals surface area contributed by atoms with Gasteiger partial charge in [-0.3, -0.25) is 4.79 Å². The van der Waals surface area contributed by atoms with E-state index in [0.29, 0.717) is 18.7 Å². The molecule has 2 heterocycles. The van der Waals surface area contributed by atoms with Crippen LogP contribution in [0.3, 0.4) is 0 Å². The Labute approximate surface area is 143 Å². The van der Waals surface area contributed by atoms with Gasteiger partial charge in [0.2, 0.25) is 0 Å². The minimum atomic E-state index is -1.12. The smallest absolute Gasteiger partial charge is 0.354 e. The van der Waals surface area contributed by atoms with Gasteiger partial charge < -0.3 is 14.7 Å². The van der Waals surface area contributed by atoms with Crippen molar-refractivity contribution in [1.29, 1.82) is 0 Å². The van der Waals surface area contributed by atoms with Crippen molar-refractivity contribution >= 4 is 23.2 Å². The van der Waals surface area contributed by atoms with Gasteiger partial charge in [0.15, 0.2) is 0 Å². The number of carboxylic acids is 1. The van der Waals surface area contributed by atoms with Crippen molar-refractivity contribution in [1.82, 2.24) is 14.9 Å². The molecular formula is C16H19N3O4S. The number of aromatic carboxylic acids is 1. The lowest BCUT2D eigenvalue weighted by Crippen LogP contribution is -2.26. The number of nitrogens with zero attached hydrogens (tertiary/aromatic N) is 3. The molecule has 7 nitrogen and oxygen atoms in total. The van der Waals surface area contributed by atoms with Crippen LogP contribution in [0.25, 0.3) is 0 Å². The molecule has 1 unspecified atom stereocenters. The summed E-state index contributed by atoms with van der Waals surface area (Å²) >= 11 is 1.50. The van der Waals surface area contributed by atoms with Crippen molar-refractivity contribution in [3.63, 3.8) is 0 Å². The average molecular weight is 349 g/mol. The number of pyridine rings is 1. The number of hydrogen-bond donors (Lipinski definition) is 1. The summed E-state index contributed by atoms with van der Waals surface area (Å²) in [5.41, 5.74) is 1.02. The normalized spacial score (nSPS) is 12.0. The topological polar surface area (TPSA) is 92.6 Å². The third-order valence-electron chi connectivity index (χ3n) is 3.31. The van der Waals surface area contributed by atoms with Gasteiger partial charge in [0.25, 0.3) is 5.91 Å². The second-order valence-electron chi connectivity index (χ2n) is 5.17. The van der Waals surface area contributed by atoms with Gasteiger partial charge in [0, 0.05) is 25.2 Å². The summed E-state index contributed by atoms with van der Waals surface area (Å²) in [5, 5.41) is 11.6. The highest BCUT2D eigenvalue weighted by atomic mass is 32.1. The second kappa shape index (κ2) is 7.98. The summed E-state index contributed by atoms with van der Waals surface area (Å²) in [5.74, 6) is -1.37. The van der Waals surface area contributed by atoms with Gasteiger partial charge in [-0.25, -0.2) is 14.8 Å². The zero-order valence-electron chi connectivity index (χ0n) is 13.7. The Balaban J connectivity index is 2.02. The van der Waals surface area contributed by atoms with Crippen molar-refractivity contribution in [2.75, 3.05) is 13.7 Å². The van der Waals surface area contributed by atoms with Gasteiger partial charge in [-0.05, 0) is 26.0 Å². The molecule has 0 fully saturated rings. The first kappa shape index (κ1) is 18.0. The van der Waals surface area contributed by atoms with Crippen molar-refractivity contribution < 1.29 is 19.4 Å². The Morgan fingerprint density at radius 1 is 1.42 bits per heavy atom. The average Bonchev–Trinajstić information content (AvgIpc) is 3.03. The fraction of sp³-hybridized carbons (Fsp3) is 0.375. The van der Waals surface area contributed by atoms with Crippen molar-refractivity contribution in [2.45, 2.75) is 26.5 Å². The molecule has 128 valence electrons. The summed E-state index contributed by atoms with van der Waals surface area (Å²) < 4.78 is 5.50. The molecule has 2 aromatic rings. The van der Waals surface area contributed by atoms with E-state index >= 15 is 0 Å². The van der Waals surface area contributed by atoms with Crippen LogP contribution in [0.15, 0.2) is 23.7 Å². The highest BCUT2D eigenvalue weighted by molar-refractivity contribution is 7.09. The van der Waals surface area contributed by atoms with Crippen LogP contribution in [-0.2, 0) is 11.3 Å². The van der Waals surface area contributed by atoms with E-state index in [-0.39, 0.29) is 17.7 Å². The SMILES string of the molecule is CCOC(C)c1nc(CN(C)C(=O)c2ccc(C(=O)O)nc2)cs1. The summed E-state index contributed by atoms with van der Waals surface area (Å²) in [6, 6.07) is 2.77. The molecule has 0 aliphatic carbocycles. The van der Waals surface area contributed by atoms with Gasteiger partial charge in [0.1, 0.15) is 16.8 Å². The van der Waals surface area contributed by atoms with Crippen molar-refractivity contribution in [2.24, 2.45) is 0 Å². The fourth-order valence-corrected chi connectivity index (χ4v) is 2.90. The maximum atomic E-state index is 12.4. The summed E-state index contributed by atoms with van der Waals surface area (Å²) in [4.78, 5) is 32.9. The van der Waals surface area contributed by atoms with E-state index in [2.05, 4.69) is 9.97 Å². The Morgan fingerprint density at radius 2 is 2.17 bits per heavy atom. The minimum absolute atomic E-state index is 0.0671. The van der Waals surface area contributed by atoms with Crippen molar-refractivity contribution in [3.05, 3.63) is 45.7 Å². The Morgan fingerprint density at radius 3 is 2.75 bits per heavy atom. The molecule has 0 spiro atoms. The van der Waals surface area contributed by atoms with Gasteiger partial charge in [-0.2, -0.15) is 0 Å². The summed E-state index contributed by atoms with van der Waals surface area (Å²) in [6.45, 7) is 4.85. The van der Waals surface area contributed by atoms with E-state index in [1.807, 2.05) is 19.2 Å². The molecule has 8 heteroatoms. The minimum Gasteiger partial charge on any atom is -0.477 e. The highest BCUT2D eigenvalue weighted by Crippen LogP contribution is 2.21. The zero-order valence-corrected chi connectivity index (χ0v) is 14.5. The van der Waals surface area contributed by atoms with Gasteiger partial charge >= 0.3 is 5.97 Å². The van der Waals surface area contributed by atoms with Gasteiger partial charge in [-0.15, -0.1) is 11.3 Å². The quantitative estimate of drug-likeness (QED) is 0.826.